The van der Waals surface area contributed by atoms with E-state index in [0.717, 1.165) is 16.3 Å². The molecule has 0 saturated heterocycles. The third-order valence-electron chi connectivity index (χ3n) is 3.73. The summed E-state index contributed by atoms with van der Waals surface area (Å²) in [5, 5.41) is 3.82. The van der Waals surface area contributed by atoms with Crippen LogP contribution in [0.25, 0.3) is 0 Å². The van der Waals surface area contributed by atoms with Crippen LogP contribution in [0.3, 0.4) is 0 Å². The second kappa shape index (κ2) is 7.63. The summed E-state index contributed by atoms with van der Waals surface area (Å²) in [5.41, 5.74) is 0.897. The molecule has 3 heterocycles. The Labute approximate surface area is 147 Å². The van der Waals surface area contributed by atoms with E-state index in [0.29, 0.717) is 26.1 Å². The number of aryl methyl sites for hydroxylation is 1. The van der Waals surface area contributed by atoms with Gasteiger partial charge in [-0.3, -0.25) is 9.59 Å². The van der Waals surface area contributed by atoms with Crippen LogP contribution in [0.5, 0.6) is 0 Å². The topological polar surface area (TPSA) is 55.5 Å². The molecule has 0 aromatic carbocycles. The number of furan rings is 1. The fourth-order valence-corrected chi connectivity index (χ4v) is 3.93. The summed E-state index contributed by atoms with van der Waals surface area (Å²) in [5.74, 6) is 0.765. The Hall–Kier alpha value is -2.12. The van der Waals surface area contributed by atoms with E-state index in [4.69, 9.17) is 4.42 Å². The maximum atomic E-state index is 12.7. The van der Waals surface area contributed by atoms with Gasteiger partial charge in [0.1, 0.15) is 5.76 Å². The number of amides is 1. The van der Waals surface area contributed by atoms with Crippen molar-refractivity contribution >= 4 is 28.6 Å². The third kappa shape index (κ3) is 4.04. The van der Waals surface area contributed by atoms with Gasteiger partial charge < -0.3 is 13.9 Å². The highest BCUT2D eigenvalue weighted by atomic mass is 32.1. The molecule has 126 valence electrons. The third-order valence-corrected chi connectivity index (χ3v) is 5.47. The summed E-state index contributed by atoms with van der Waals surface area (Å²) < 4.78 is 7.03. The predicted octanol–water partition coefficient (Wildman–Crippen LogP) is 3.49. The molecule has 0 unspecified atom stereocenters. The van der Waals surface area contributed by atoms with Gasteiger partial charge in [-0.2, -0.15) is 0 Å². The SMILES string of the molecule is Cc1csc(=O)n1CCC(=O)N(Cc1ccco1)Cc1cccs1. The average Bonchev–Trinajstić information content (AvgIpc) is 3.30. The van der Waals surface area contributed by atoms with Crippen LogP contribution in [-0.2, 0) is 24.4 Å². The lowest BCUT2D eigenvalue weighted by atomic mass is 10.3. The molecule has 0 bridgehead atoms. The molecule has 0 N–H and O–H groups in total. The van der Waals surface area contributed by atoms with Crippen molar-refractivity contribution in [3.8, 4) is 0 Å². The largest absolute Gasteiger partial charge is 0.467 e. The maximum Gasteiger partial charge on any atom is 0.307 e. The minimum atomic E-state index is -0.0175. The van der Waals surface area contributed by atoms with Gasteiger partial charge in [0.05, 0.1) is 19.4 Å². The van der Waals surface area contributed by atoms with Gasteiger partial charge in [-0.15, -0.1) is 11.3 Å². The number of thiophene rings is 1. The Morgan fingerprint density at radius 2 is 2.12 bits per heavy atom. The number of hydrogen-bond acceptors (Lipinski definition) is 5. The van der Waals surface area contributed by atoms with Gasteiger partial charge in [0.25, 0.3) is 0 Å². The van der Waals surface area contributed by atoms with Gasteiger partial charge in [-0.1, -0.05) is 17.4 Å². The number of hydrogen-bond donors (Lipinski definition) is 0. The highest BCUT2D eigenvalue weighted by Gasteiger charge is 2.17. The van der Waals surface area contributed by atoms with Crippen LogP contribution < -0.4 is 4.87 Å². The molecule has 0 saturated carbocycles. The molecule has 3 rings (SSSR count). The van der Waals surface area contributed by atoms with Gasteiger partial charge >= 0.3 is 4.87 Å². The lowest BCUT2D eigenvalue weighted by Crippen LogP contribution is -2.31. The van der Waals surface area contributed by atoms with Gasteiger partial charge in [0, 0.05) is 28.9 Å². The van der Waals surface area contributed by atoms with Crippen LogP contribution >= 0.6 is 22.7 Å². The molecule has 0 radical (unpaired) electrons. The van der Waals surface area contributed by atoms with Gasteiger partial charge in [0.2, 0.25) is 5.91 Å². The summed E-state index contributed by atoms with van der Waals surface area (Å²) >= 11 is 2.79. The Bertz CT molecular complexity index is 795. The molecule has 0 fully saturated rings. The summed E-state index contributed by atoms with van der Waals surface area (Å²) in [7, 11) is 0. The Kier molecular flexibility index (Phi) is 5.32. The highest BCUT2D eigenvalue weighted by Crippen LogP contribution is 2.16. The lowest BCUT2D eigenvalue weighted by Gasteiger charge is -2.21. The molecular formula is C17H18N2O3S2. The molecule has 7 heteroatoms. The van der Waals surface area contributed by atoms with Crippen LogP contribution in [0, 0.1) is 6.92 Å². The summed E-state index contributed by atoms with van der Waals surface area (Å²) in [6, 6.07) is 7.67. The molecule has 3 aromatic heterocycles. The Morgan fingerprint density at radius 1 is 1.25 bits per heavy atom. The zero-order chi connectivity index (χ0) is 16.9. The Balaban J connectivity index is 1.69. The van der Waals surface area contributed by atoms with Crippen molar-refractivity contribution in [2.75, 3.05) is 0 Å². The van der Waals surface area contributed by atoms with E-state index in [1.54, 1.807) is 27.1 Å². The number of thiazole rings is 1. The number of carbonyl (C=O) groups excluding carboxylic acids is 1. The molecule has 0 aliphatic rings. The number of carbonyl (C=O) groups is 1. The first-order chi connectivity index (χ1) is 11.6. The van der Waals surface area contributed by atoms with Crippen molar-refractivity contribution in [3.05, 3.63) is 67.3 Å². The first kappa shape index (κ1) is 16.7. The monoisotopic (exact) mass is 362 g/mol. The normalized spacial score (nSPS) is 10.9. The number of rotatable bonds is 7. The van der Waals surface area contributed by atoms with Crippen LogP contribution in [0.15, 0.2) is 50.5 Å². The molecule has 24 heavy (non-hydrogen) atoms. The first-order valence-corrected chi connectivity index (χ1v) is 9.37. The van der Waals surface area contributed by atoms with E-state index in [1.807, 2.05) is 41.9 Å². The summed E-state index contributed by atoms with van der Waals surface area (Å²) in [6.45, 7) is 3.27. The fraction of sp³-hybridized carbons (Fsp3) is 0.294. The number of nitrogens with zero attached hydrogens (tertiary/aromatic N) is 2. The molecular weight excluding hydrogens is 344 g/mol. The van der Waals surface area contributed by atoms with Gasteiger partial charge in [-0.05, 0) is 30.5 Å². The Morgan fingerprint density at radius 3 is 2.75 bits per heavy atom. The quantitative estimate of drug-likeness (QED) is 0.646. The van der Waals surface area contributed by atoms with E-state index in [-0.39, 0.29) is 10.8 Å². The van der Waals surface area contributed by atoms with Crippen LogP contribution in [0.4, 0.5) is 0 Å². The molecule has 0 aliphatic carbocycles. The number of aromatic nitrogens is 1. The average molecular weight is 362 g/mol. The standard InChI is InChI=1S/C17H18N2O3S2/c1-13-12-24-17(21)19(13)7-6-16(20)18(10-14-4-2-8-22-14)11-15-5-3-9-23-15/h2-5,8-9,12H,6-7,10-11H2,1H3. The molecule has 0 aliphatic heterocycles. The van der Waals surface area contributed by atoms with Crippen molar-refractivity contribution in [1.29, 1.82) is 0 Å². The molecule has 3 aromatic rings. The van der Waals surface area contributed by atoms with Crippen molar-refractivity contribution < 1.29 is 9.21 Å². The predicted molar refractivity (Wildman–Crippen MR) is 95.2 cm³/mol. The fourth-order valence-electron chi connectivity index (χ4n) is 2.45. The maximum absolute atomic E-state index is 12.7. The van der Waals surface area contributed by atoms with Gasteiger partial charge in [0.15, 0.2) is 0 Å². The van der Waals surface area contributed by atoms with Crippen molar-refractivity contribution in [2.24, 2.45) is 0 Å². The van der Waals surface area contributed by atoms with Crippen LogP contribution in [0.2, 0.25) is 0 Å². The van der Waals surface area contributed by atoms with Gasteiger partial charge in [-0.25, -0.2) is 0 Å². The second-order valence-electron chi connectivity index (χ2n) is 5.45. The second-order valence-corrected chi connectivity index (χ2v) is 7.31. The minimum absolute atomic E-state index is 0.0114. The van der Waals surface area contributed by atoms with Crippen molar-refractivity contribution in [3.63, 3.8) is 0 Å². The van der Waals surface area contributed by atoms with E-state index >= 15 is 0 Å². The summed E-state index contributed by atoms with van der Waals surface area (Å²) in [4.78, 5) is 27.4. The van der Waals surface area contributed by atoms with Crippen LogP contribution in [0.1, 0.15) is 22.8 Å². The molecule has 1 amide bonds. The van der Waals surface area contributed by atoms with Crippen molar-refractivity contribution in [2.45, 2.75) is 33.0 Å². The zero-order valence-corrected chi connectivity index (χ0v) is 14.9. The minimum Gasteiger partial charge on any atom is -0.467 e. The first-order valence-electron chi connectivity index (χ1n) is 7.61. The van der Waals surface area contributed by atoms with E-state index in [1.165, 1.54) is 11.3 Å². The van der Waals surface area contributed by atoms with E-state index < -0.39 is 0 Å². The van der Waals surface area contributed by atoms with E-state index in [2.05, 4.69) is 0 Å². The smallest absolute Gasteiger partial charge is 0.307 e. The summed E-state index contributed by atoms with van der Waals surface area (Å²) in [6.07, 6.45) is 1.90. The molecule has 5 nitrogen and oxygen atoms in total. The molecule has 0 atom stereocenters. The van der Waals surface area contributed by atoms with Crippen molar-refractivity contribution in [1.82, 2.24) is 9.47 Å². The van der Waals surface area contributed by atoms with E-state index in [9.17, 15) is 9.59 Å². The zero-order valence-electron chi connectivity index (χ0n) is 13.3. The van der Waals surface area contributed by atoms with Crippen LogP contribution in [-0.4, -0.2) is 15.4 Å². The lowest BCUT2D eigenvalue weighted by molar-refractivity contribution is -0.132. The molecule has 0 spiro atoms. The highest BCUT2D eigenvalue weighted by molar-refractivity contribution is 7.09.